The number of carboxylic acids is 1. The summed E-state index contributed by atoms with van der Waals surface area (Å²) >= 11 is 5.95. The Morgan fingerprint density at radius 1 is 1.54 bits per heavy atom. The van der Waals surface area contributed by atoms with E-state index < -0.39 is 12.0 Å². The van der Waals surface area contributed by atoms with Gasteiger partial charge >= 0.3 is 5.97 Å². The summed E-state index contributed by atoms with van der Waals surface area (Å²) in [6, 6.07) is 4.27. The molecule has 0 fully saturated rings. The van der Waals surface area contributed by atoms with Crippen molar-refractivity contribution in [3.05, 3.63) is 40.4 Å². The Hall–Kier alpha value is -2.61. The quantitative estimate of drug-likeness (QED) is 0.829. The van der Waals surface area contributed by atoms with Crippen molar-refractivity contribution in [3.8, 4) is 0 Å². The van der Waals surface area contributed by atoms with Gasteiger partial charge in [0.2, 0.25) is 0 Å². The van der Waals surface area contributed by atoms with Crippen LogP contribution < -0.4 is 15.7 Å². The highest BCUT2D eigenvalue weighted by Gasteiger charge is 2.24. The Labute approximate surface area is 142 Å². The number of hydrogen-bond donors (Lipinski definition) is 2. The molecule has 1 aliphatic rings. The fourth-order valence-electron chi connectivity index (χ4n) is 2.56. The Morgan fingerprint density at radius 2 is 2.29 bits per heavy atom. The number of rotatable bonds is 3. The van der Waals surface area contributed by atoms with Gasteiger partial charge in [0.1, 0.15) is 11.5 Å². The third-order valence-electron chi connectivity index (χ3n) is 3.79. The molecule has 9 heteroatoms. The van der Waals surface area contributed by atoms with Crippen LogP contribution in [0.5, 0.6) is 0 Å². The van der Waals surface area contributed by atoms with E-state index in [4.69, 9.17) is 16.7 Å². The molecule has 2 aromatic rings. The molecule has 0 spiro atoms. The van der Waals surface area contributed by atoms with Crippen molar-refractivity contribution in [2.24, 2.45) is 12.0 Å². The van der Waals surface area contributed by atoms with E-state index in [9.17, 15) is 9.18 Å². The first-order valence-corrected chi connectivity index (χ1v) is 7.63. The van der Waals surface area contributed by atoms with Crippen LogP contribution in [0.3, 0.4) is 0 Å². The summed E-state index contributed by atoms with van der Waals surface area (Å²) in [4.78, 5) is 21.1. The molecule has 0 saturated carbocycles. The number of carboxylic acid groups (broad SMARTS) is 1. The standard InChI is InChI=1S/C15H15ClFN5O2/c1-3-22-7-18-11-12(20-15(17)21(2)13(11)22)19-8-4-5-9(14(23)24)10(16)6-8/h4-6,18H,3,7H2,1-2H3,(H,23,24). The van der Waals surface area contributed by atoms with Crippen LogP contribution in [0, 0.1) is 6.08 Å². The lowest BCUT2D eigenvalue weighted by molar-refractivity contribution is 0.0697. The minimum absolute atomic E-state index is 0.0188. The SMILES string of the molecule is CCN1CNc2c1n(C)c(F)nc2=Nc1ccc(C(=O)O)c(Cl)c1. The molecule has 1 aromatic carbocycles. The van der Waals surface area contributed by atoms with E-state index in [0.717, 1.165) is 0 Å². The van der Waals surface area contributed by atoms with Gasteiger partial charge in [-0.1, -0.05) is 11.6 Å². The van der Waals surface area contributed by atoms with Crippen molar-refractivity contribution in [2.45, 2.75) is 6.92 Å². The first-order valence-electron chi connectivity index (χ1n) is 7.25. The monoisotopic (exact) mass is 351 g/mol. The molecule has 126 valence electrons. The number of fused-ring (bicyclic) bond motifs is 1. The highest BCUT2D eigenvalue weighted by molar-refractivity contribution is 6.33. The predicted octanol–water partition coefficient (Wildman–Crippen LogP) is 2.35. The molecule has 24 heavy (non-hydrogen) atoms. The fourth-order valence-corrected chi connectivity index (χ4v) is 2.82. The maximum absolute atomic E-state index is 14.1. The average Bonchev–Trinajstić information content (AvgIpc) is 2.96. The molecule has 0 atom stereocenters. The predicted molar refractivity (Wildman–Crippen MR) is 88.3 cm³/mol. The highest BCUT2D eigenvalue weighted by atomic mass is 35.5. The van der Waals surface area contributed by atoms with Crippen LogP contribution in [0.4, 0.5) is 21.6 Å². The normalized spacial score (nSPS) is 13.8. The van der Waals surface area contributed by atoms with Gasteiger partial charge < -0.3 is 15.3 Å². The number of benzene rings is 1. The smallest absolute Gasteiger partial charge is 0.337 e. The maximum Gasteiger partial charge on any atom is 0.337 e. The average molecular weight is 352 g/mol. The summed E-state index contributed by atoms with van der Waals surface area (Å²) in [5, 5.41) is 12.2. The molecule has 0 radical (unpaired) electrons. The zero-order valence-electron chi connectivity index (χ0n) is 13.0. The molecular formula is C15H15ClFN5O2. The van der Waals surface area contributed by atoms with Crippen molar-refractivity contribution < 1.29 is 14.3 Å². The van der Waals surface area contributed by atoms with E-state index >= 15 is 0 Å². The number of carbonyl (C=O) groups is 1. The second kappa shape index (κ2) is 6.12. The third-order valence-corrected chi connectivity index (χ3v) is 4.10. The lowest BCUT2D eigenvalue weighted by Crippen LogP contribution is -2.25. The van der Waals surface area contributed by atoms with E-state index in [2.05, 4.69) is 15.3 Å². The van der Waals surface area contributed by atoms with Crippen LogP contribution in [0.15, 0.2) is 23.2 Å². The Morgan fingerprint density at radius 3 is 2.92 bits per heavy atom. The van der Waals surface area contributed by atoms with Crippen LogP contribution in [-0.4, -0.2) is 33.8 Å². The van der Waals surface area contributed by atoms with E-state index in [1.807, 2.05) is 11.8 Å². The minimum atomic E-state index is -1.12. The zero-order valence-corrected chi connectivity index (χ0v) is 13.8. The number of nitrogens with one attached hydrogen (secondary N) is 1. The second-order valence-corrected chi connectivity index (χ2v) is 5.64. The molecule has 3 rings (SSSR count). The summed E-state index contributed by atoms with van der Waals surface area (Å²) in [5.41, 5.74) is 1.19. The third kappa shape index (κ3) is 2.69. The van der Waals surface area contributed by atoms with Gasteiger partial charge in [-0.25, -0.2) is 9.79 Å². The minimum Gasteiger partial charge on any atom is -0.478 e. The Kier molecular flexibility index (Phi) is 4.15. The van der Waals surface area contributed by atoms with Crippen molar-refractivity contribution in [1.29, 1.82) is 0 Å². The number of nitrogens with zero attached hydrogens (tertiary/aromatic N) is 4. The van der Waals surface area contributed by atoms with E-state index in [-0.39, 0.29) is 16.1 Å². The van der Waals surface area contributed by atoms with Gasteiger partial charge in [-0.05, 0) is 25.1 Å². The fraction of sp³-hybridized carbons (Fsp3) is 0.267. The van der Waals surface area contributed by atoms with Gasteiger partial charge in [0.25, 0.3) is 6.08 Å². The number of halogens is 2. The lowest BCUT2D eigenvalue weighted by Gasteiger charge is -2.18. The first kappa shape index (κ1) is 16.3. The second-order valence-electron chi connectivity index (χ2n) is 5.23. The van der Waals surface area contributed by atoms with E-state index in [0.29, 0.717) is 30.4 Å². The molecular weight excluding hydrogens is 337 g/mol. The summed E-state index contributed by atoms with van der Waals surface area (Å²) in [6.45, 7) is 3.21. The highest BCUT2D eigenvalue weighted by Crippen LogP contribution is 2.28. The van der Waals surface area contributed by atoms with Gasteiger partial charge in [0.15, 0.2) is 5.49 Å². The molecule has 7 nitrogen and oxygen atoms in total. The largest absolute Gasteiger partial charge is 0.478 e. The van der Waals surface area contributed by atoms with Crippen molar-refractivity contribution in [2.75, 3.05) is 23.4 Å². The molecule has 0 aliphatic carbocycles. The van der Waals surface area contributed by atoms with Crippen LogP contribution in [0.1, 0.15) is 17.3 Å². The van der Waals surface area contributed by atoms with Crippen LogP contribution in [0.2, 0.25) is 5.02 Å². The molecule has 2 N–H and O–H groups in total. The van der Waals surface area contributed by atoms with Gasteiger partial charge in [0, 0.05) is 13.6 Å². The van der Waals surface area contributed by atoms with Gasteiger partial charge in [0.05, 0.1) is 22.9 Å². The van der Waals surface area contributed by atoms with Gasteiger partial charge in [-0.15, -0.1) is 0 Å². The summed E-state index contributed by atoms with van der Waals surface area (Å²) in [7, 11) is 1.60. The van der Waals surface area contributed by atoms with Gasteiger partial charge in [-0.2, -0.15) is 9.37 Å². The Bertz CT molecular complexity index is 896. The number of anilines is 2. The zero-order chi connectivity index (χ0) is 17.4. The first-order chi connectivity index (χ1) is 11.4. The molecule has 2 heterocycles. The van der Waals surface area contributed by atoms with Crippen LogP contribution >= 0.6 is 11.6 Å². The van der Waals surface area contributed by atoms with Crippen molar-refractivity contribution in [3.63, 3.8) is 0 Å². The lowest BCUT2D eigenvalue weighted by atomic mass is 10.2. The Balaban J connectivity index is 2.16. The molecule has 1 aliphatic heterocycles. The molecule has 0 saturated heterocycles. The molecule has 0 bridgehead atoms. The molecule has 1 aromatic heterocycles. The molecule has 0 unspecified atom stereocenters. The number of aromatic nitrogens is 2. The van der Waals surface area contributed by atoms with Gasteiger partial charge in [-0.3, -0.25) is 4.57 Å². The van der Waals surface area contributed by atoms with E-state index in [1.54, 1.807) is 7.05 Å². The summed E-state index contributed by atoms with van der Waals surface area (Å²) in [6.07, 6.45) is -0.664. The number of hydrogen-bond acceptors (Lipinski definition) is 5. The summed E-state index contributed by atoms with van der Waals surface area (Å²) < 4.78 is 15.5. The van der Waals surface area contributed by atoms with Crippen molar-refractivity contribution in [1.82, 2.24) is 9.55 Å². The summed E-state index contributed by atoms with van der Waals surface area (Å²) in [5.74, 6) is -0.458. The number of aromatic carboxylic acids is 1. The van der Waals surface area contributed by atoms with Crippen molar-refractivity contribution >= 4 is 34.8 Å². The maximum atomic E-state index is 14.1. The topological polar surface area (TPSA) is 82.8 Å². The van der Waals surface area contributed by atoms with Crippen LogP contribution in [0.25, 0.3) is 0 Å². The molecule has 0 amide bonds. The van der Waals surface area contributed by atoms with Crippen LogP contribution in [-0.2, 0) is 7.05 Å². The van der Waals surface area contributed by atoms with E-state index in [1.165, 1.54) is 22.8 Å².